The summed E-state index contributed by atoms with van der Waals surface area (Å²) in [6.07, 6.45) is 0.422. The number of halogens is 1. The molecule has 0 fully saturated rings. The van der Waals surface area contributed by atoms with Gasteiger partial charge in [0.05, 0.1) is 24.7 Å². The average molecular weight is 361 g/mol. The number of carbonyl (C=O) groups is 1. The van der Waals surface area contributed by atoms with Crippen LogP contribution in [0.3, 0.4) is 0 Å². The molecule has 0 amide bonds. The van der Waals surface area contributed by atoms with Crippen LogP contribution in [0.4, 0.5) is 0 Å². The maximum atomic E-state index is 12.6. The van der Waals surface area contributed by atoms with E-state index in [9.17, 15) is 4.79 Å². The first-order chi connectivity index (χ1) is 12.0. The number of benzene rings is 2. The van der Waals surface area contributed by atoms with Gasteiger partial charge in [0.15, 0.2) is 0 Å². The molecule has 0 aliphatic carbocycles. The molecular formula is C21H25ClO3. The predicted molar refractivity (Wildman–Crippen MR) is 101 cm³/mol. The zero-order valence-electron chi connectivity index (χ0n) is 15.0. The molecule has 0 radical (unpaired) electrons. The summed E-state index contributed by atoms with van der Waals surface area (Å²) in [6, 6.07) is 17.3. The summed E-state index contributed by atoms with van der Waals surface area (Å²) in [7, 11) is 0. The van der Waals surface area contributed by atoms with Gasteiger partial charge in [-0.05, 0) is 50.5 Å². The highest BCUT2D eigenvalue weighted by Crippen LogP contribution is 2.32. The molecule has 2 aromatic carbocycles. The molecular weight excluding hydrogens is 336 g/mol. The van der Waals surface area contributed by atoms with Crippen molar-refractivity contribution in [2.24, 2.45) is 0 Å². The van der Waals surface area contributed by atoms with Crippen molar-refractivity contribution in [3.8, 4) is 0 Å². The lowest BCUT2D eigenvalue weighted by molar-refractivity contribution is -0.151. The van der Waals surface area contributed by atoms with E-state index in [2.05, 4.69) is 0 Å². The summed E-state index contributed by atoms with van der Waals surface area (Å²) in [5, 5.41) is 0.642. The highest BCUT2D eigenvalue weighted by atomic mass is 35.5. The van der Waals surface area contributed by atoms with E-state index in [0.29, 0.717) is 24.7 Å². The number of carbonyl (C=O) groups excluding carboxylic acids is 1. The average Bonchev–Trinajstić information content (AvgIpc) is 2.61. The second kappa shape index (κ2) is 9.02. The summed E-state index contributed by atoms with van der Waals surface area (Å²) in [5.74, 6) is -0.243. The monoisotopic (exact) mass is 360 g/mol. The van der Waals surface area contributed by atoms with Crippen LogP contribution < -0.4 is 0 Å². The molecule has 4 heteroatoms. The maximum absolute atomic E-state index is 12.6. The Hall–Kier alpha value is -1.84. The van der Waals surface area contributed by atoms with Crippen molar-refractivity contribution in [2.75, 3.05) is 6.61 Å². The summed E-state index contributed by atoms with van der Waals surface area (Å²) in [6.45, 7) is 6.56. The van der Waals surface area contributed by atoms with Gasteiger partial charge in [-0.3, -0.25) is 4.79 Å². The van der Waals surface area contributed by atoms with Crippen LogP contribution in [0.1, 0.15) is 38.3 Å². The molecule has 0 saturated heterocycles. The molecule has 0 aliphatic rings. The first-order valence-electron chi connectivity index (χ1n) is 8.54. The van der Waals surface area contributed by atoms with E-state index in [1.807, 2.05) is 63.2 Å². The normalized spacial score (nSPS) is 14.6. The molecule has 2 aromatic rings. The van der Waals surface area contributed by atoms with E-state index in [-0.39, 0.29) is 12.1 Å². The zero-order valence-corrected chi connectivity index (χ0v) is 15.8. The highest BCUT2D eigenvalue weighted by molar-refractivity contribution is 6.30. The fourth-order valence-electron chi connectivity index (χ4n) is 2.87. The second-order valence-electron chi connectivity index (χ2n) is 6.37. The molecule has 3 nitrogen and oxygen atoms in total. The third-order valence-electron chi connectivity index (χ3n) is 4.28. The van der Waals surface area contributed by atoms with Gasteiger partial charge in [-0.1, -0.05) is 54.1 Å². The second-order valence-corrected chi connectivity index (χ2v) is 6.81. The first-order valence-corrected chi connectivity index (χ1v) is 8.92. The minimum atomic E-state index is -0.781. The SMILES string of the molecule is CCOC(=O)C(C)(CC(C)OCc1ccccc1)c1ccc(Cl)cc1. The van der Waals surface area contributed by atoms with Crippen molar-refractivity contribution in [1.29, 1.82) is 0 Å². The van der Waals surface area contributed by atoms with Gasteiger partial charge in [-0.2, -0.15) is 0 Å². The fourth-order valence-corrected chi connectivity index (χ4v) is 3.00. The number of rotatable bonds is 8. The Morgan fingerprint density at radius 1 is 1.12 bits per heavy atom. The van der Waals surface area contributed by atoms with Crippen molar-refractivity contribution < 1.29 is 14.3 Å². The molecule has 0 aliphatic heterocycles. The maximum Gasteiger partial charge on any atom is 0.316 e. The van der Waals surface area contributed by atoms with Crippen molar-refractivity contribution in [3.63, 3.8) is 0 Å². The first kappa shape index (κ1) is 19.5. The Kier molecular flexibility index (Phi) is 7.03. The third-order valence-corrected chi connectivity index (χ3v) is 4.53. The van der Waals surface area contributed by atoms with Crippen LogP contribution in [0.5, 0.6) is 0 Å². The molecule has 0 N–H and O–H groups in total. The standard InChI is InChI=1S/C21H25ClO3/c1-4-24-20(23)21(3,18-10-12-19(22)13-11-18)14-16(2)25-15-17-8-6-5-7-9-17/h5-13,16H,4,14-15H2,1-3H3. The summed E-state index contributed by atoms with van der Waals surface area (Å²) < 4.78 is 11.3. The van der Waals surface area contributed by atoms with Crippen LogP contribution in [0, 0.1) is 0 Å². The zero-order chi connectivity index (χ0) is 18.3. The fraction of sp³-hybridized carbons (Fsp3) is 0.381. The summed E-state index contributed by atoms with van der Waals surface area (Å²) in [5.41, 5.74) is 1.21. The van der Waals surface area contributed by atoms with Crippen LogP contribution in [0.25, 0.3) is 0 Å². The predicted octanol–water partition coefficient (Wildman–Crippen LogP) is 5.16. The summed E-state index contributed by atoms with van der Waals surface area (Å²) >= 11 is 5.98. The number of ether oxygens (including phenoxy) is 2. The quantitative estimate of drug-likeness (QED) is 0.610. The molecule has 2 rings (SSSR count). The number of esters is 1. The van der Waals surface area contributed by atoms with E-state index in [4.69, 9.17) is 21.1 Å². The Bertz CT molecular complexity index is 669. The lowest BCUT2D eigenvalue weighted by Crippen LogP contribution is -2.38. The van der Waals surface area contributed by atoms with Gasteiger partial charge < -0.3 is 9.47 Å². The molecule has 25 heavy (non-hydrogen) atoms. The minimum absolute atomic E-state index is 0.106. The van der Waals surface area contributed by atoms with E-state index in [1.165, 1.54) is 0 Å². The van der Waals surface area contributed by atoms with Crippen molar-refractivity contribution in [3.05, 3.63) is 70.7 Å². The molecule has 0 spiro atoms. The molecule has 0 saturated carbocycles. The largest absolute Gasteiger partial charge is 0.465 e. The lowest BCUT2D eigenvalue weighted by Gasteiger charge is -2.30. The van der Waals surface area contributed by atoms with Crippen LogP contribution in [-0.2, 0) is 26.3 Å². The Morgan fingerprint density at radius 2 is 1.76 bits per heavy atom. The van der Waals surface area contributed by atoms with Gasteiger partial charge in [-0.25, -0.2) is 0 Å². The molecule has 2 unspecified atom stereocenters. The smallest absolute Gasteiger partial charge is 0.316 e. The molecule has 0 bridgehead atoms. The Balaban J connectivity index is 2.12. The van der Waals surface area contributed by atoms with Gasteiger partial charge in [0.2, 0.25) is 0 Å². The molecule has 2 atom stereocenters. The summed E-state index contributed by atoms with van der Waals surface area (Å²) in [4.78, 5) is 12.6. The van der Waals surface area contributed by atoms with Crippen LogP contribution in [0.15, 0.2) is 54.6 Å². The number of hydrogen-bond acceptors (Lipinski definition) is 3. The van der Waals surface area contributed by atoms with Crippen LogP contribution in [-0.4, -0.2) is 18.7 Å². The third kappa shape index (κ3) is 5.32. The van der Waals surface area contributed by atoms with Crippen LogP contribution >= 0.6 is 11.6 Å². The van der Waals surface area contributed by atoms with E-state index < -0.39 is 5.41 Å². The van der Waals surface area contributed by atoms with Crippen LogP contribution in [0.2, 0.25) is 5.02 Å². The minimum Gasteiger partial charge on any atom is -0.465 e. The van der Waals surface area contributed by atoms with Gasteiger partial charge in [0.1, 0.15) is 0 Å². The molecule has 134 valence electrons. The lowest BCUT2D eigenvalue weighted by atomic mass is 9.78. The van der Waals surface area contributed by atoms with Gasteiger partial charge in [0.25, 0.3) is 0 Å². The number of hydrogen-bond donors (Lipinski definition) is 0. The van der Waals surface area contributed by atoms with Gasteiger partial charge in [0, 0.05) is 5.02 Å². The van der Waals surface area contributed by atoms with Crippen molar-refractivity contribution in [1.82, 2.24) is 0 Å². The Morgan fingerprint density at radius 3 is 2.36 bits per heavy atom. The van der Waals surface area contributed by atoms with Crippen molar-refractivity contribution >= 4 is 17.6 Å². The molecule has 0 aromatic heterocycles. The highest BCUT2D eigenvalue weighted by Gasteiger charge is 2.38. The van der Waals surface area contributed by atoms with E-state index in [0.717, 1.165) is 11.1 Å². The topological polar surface area (TPSA) is 35.5 Å². The Labute approximate surface area is 154 Å². The van der Waals surface area contributed by atoms with Crippen molar-refractivity contribution in [2.45, 2.75) is 45.3 Å². The van der Waals surface area contributed by atoms with E-state index in [1.54, 1.807) is 12.1 Å². The van der Waals surface area contributed by atoms with Gasteiger partial charge >= 0.3 is 5.97 Å². The van der Waals surface area contributed by atoms with E-state index >= 15 is 0 Å². The van der Waals surface area contributed by atoms with Gasteiger partial charge in [-0.15, -0.1) is 0 Å². The molecule has 0 heterocycles.